The first-order chi connectivity index (χ1) is 11.5. The van der Waals surface area contributed by atoms with Crippen LogP contribution in [0.4, 0.5) is 16.2 Å². The second-order valence-electron chi connectivity index (χ2n) is 6.30. The standard InChI is InChI=1S/C17H23N5O2/c1-11(2)15-20-16(24-21-15)12(3)19-13-6-4-7-14(10-13)22-9-5-8-18-17(22)23/h4,6-7,10-12,19H,5,8-9H2,1-3H3,(H,18,23)/t12-/m1/s1. The average Bonchev–Trinajstić information content (AvgIpc) is 3.06. The molecule has 2 amide bonds. The molecule has 1 saturated heterocycles. The third-order valence-electron chi connectivity index (χ3n) is 3.97. The van der Waals surface area contributed by atoms with Gasteiger partial charge in [0.15, 0.2) is 5.82 Å². The highest BCUT2D eigenvalue weighted by Crippen LogP contribution is 2.24. The predicted molar refractivity (Wildman–Crippen MR) is 92.2 cm³/mol. The first-order valence-corrected chi connectivity index (χ1v) is 8.30. The molecule has 1 atom stereocenters. The van der Waals surface area contributed by atoms with E-state index in [1.165, 1.54) is 0 Å². The zero-order valence-electron chi connectivity index (χ0n) is 14.2. The van der Waals surface area contributed by atoms with Crippen LogP contribution in [0.5, 0.6) is 0 Å². The second-order valence-corrected chi connectivity index (χ2v) is 6.30. The fraction of sp³-hybridized carbons (Fsp3) is 0.471. The Kier molecular flexibility index (Phi) is 4.69. The van der Waals surface area contributed by atoms with Crippen molar-refractivity contribution >= 4 is 17.4 Å². The Morgan fingerprint density at radius 3 is 2.88 bits per heavy atom. The summed E-state index contributed by atoms with van der Waals surface area (Å²) < 4.78 is 5.33. The highest BCUT2D eigenvalue weighted by molar-refractivity contribution is 5.93. The smallest absolute Gasteiger partial charge is 0.321 e. The fourth-order valence-electron chi connectivity index (χ4n) is 2.61. The molecule has 0 aliphatic carbocycles. The zero-order valence-corrected chi connectivity index (χ0v) is 14.2. The minimum atomic E-state index is -0.115. The molecule has 0 bridgehead atoms. The van der Waals surface area contributed by atoms with E-state index in [0.717, 1.165) is 30.9 Å². The molecule has 1 aromatic heterocycles. The van der Waals surface area contributed by atoms with Gasteiger partial charge >= 0.3 is 6.03 Å². The molecule has 1 aliphatic rings. The van der Waals surface area contributed by atoms with Crippen LogP contribution in [0.25, 0.3) is 0 Å². The van der Waals surface area contributed by atoms with Crippen LogP contribution in [0.2, 0.25) is 0 Å². The van der Waals surface area contributed by atoms with E-state index in [0.29, 0.717) is 11.7 Å². The van der Waals surface area contributed by atoms with Crippen molar-refractivity contribution < 1.29 is 9.32 Å². The van der Waals surface area contributed by atoms with Crippen molar-refractivity contribution in [2.24, 2.45) is 0 Å². The third kappa shape index (κ3) is 3.50. The van der Waals surface area contributed by atoms with Gasteiger partial charge in [0.2, 0.25) is 5.89 Å². The molecule has 0 unspecified atom stereocenters. The summed E-state index contributed by atoms with van der Waals surface area (Å²) in [5.41, 5.74) is 1.78. The zero-order chi connectivity index (χ0) is 17.1. The van der Waals surface area contributed by atoms with E-state index in [4.69, 9.17) is 4.52 Å². The number of rotatable bonds is 5. The van der Waals surface area contributed by atoms with E-state index in [2.05, 4.69) is 20.8 Å². The van der Waals surface area contributed by atoms with E-state index in [1.807, 2.05) is 45.0 Å². The summed E-state index contributed by atoms with van der Waals surface area (Å²) in [6.07, 6.45) is 0.944. The van der Waals surface area contributed by atoms with Gasteiger partial charge in [-0.2, -0.15) is 4.98 Å². The van der Waals surface area contributed by atoms with E-state index < -0.39 is 0 Å². The summed E-state index contributed by atoms with van der Waals surface area (Å²) in [5, 5.41) is 10.2. The maximum atomic E-state index is 12.0. The van der Waals surface area contributed by atoms with Gasteiger partial charge < -0.3 is 15.2 Å². The van der Waals surface area contributed by atoms with Gasteiger partial charge in [0, 0.05) is 30.4 Å². The normalized spacial score (nSPS) is 16.2. The number of hydrogen-bond acceptors (Lipinski definition) is 5. The van der Waals surface area contributed by atoms with E-state index >= 15 is 0 Å². The molecule has 0 spiro atoms. The molecule has 2 N–H and O–H groups in total. The lowest BCUT2D eigenvalue weighted by Gasteiger charge is -2.28. The summed E-state index contributed by atoms with van der Waals surface area (Å²) in [6, 6.07) is 7.62. The molecule has 1 aliphatic heterocycles. The summed E-state index contributed by atoms with van der Waals surface area (Å²) in [5.74, 6) is 1.49. The van der Waals surface area contributed by atoms with E-state index in [9.17, 15) is 4.79 Å². The van der Waals surface area contributed by atoms with Crippen molar-refractivity contribution in [1.82, 2.24) is 15.5 Å². The second kappa shape index (κ2) is 6.90. The van der Waals surface area contributed by atoms with Crippen LogP contribution in [0, 0.1) is 0 Å². The minimum Gasteiger partial charge on any atom is -0.374 e. The highest BCUT2D eigenvalue weighted by Gasteiger charge is 2.20. The molecule has 0 radical (unpaired) electrons. The summed E-state index contributed by atoms with van der Waals surface area (Å²) >= 11 is 0. The molecule has 7 heteroatoms. The quantitative estimate of drug-likeness (QED) is 0.879. The maximum Gasteiger partial charge on any atom is 0.321 e. The van der Waals surface area contributed by atoms with Crippen LogP contribution < -0.4 is 15.5 Å². The van der Waals surface area contributed by atoms with Crippen molar-refractivity contribution in [2.45, 2.75) is 39.2 Å². The Morgan fingerprint density at radius 2 is 2.17 bits per heavy atom. The predicted octanol–water partition coefficient (Wildman–Crippen LogP) is 3.29. The first kappa shape index (κ1) is 16.3. The molecule has 1 aromatic carbocycles. The molecule has 7 nitrogen and oxygen atoms in total. The van der Waals surface area contributed by atoms with Gasteiger partial charge in [0.1, 0.15) is 6.04 Å². The number of aromatic nitrogens is 2. The molecular weight excluding hydrogens is 306 g/mol. The molecule has 0 saturated carbocycles. The number of hydrogen-bond donors (Lipinski definition) is 2. The van der Waals surface area contributed by atoms with Gasteiger partial charge in [0.05, 0.1) is 0 Å². The number of nitrogens with one attached hydrogen (secondary N) is 2. The Balaban J connectivity index is 1.72. The van der Waals surface area contributed by atoms with Gasteiger partial charge in [-0.1, -0.05) is 25.1 Å². The first-order valence-electron chi connectivity index (χ1n) is 8.30. The molecule has 1 fully saturated rings. The number of benzene rings is 1. The fourth-order valence-corrected chi connectivity index (χ4v) is 2.61. The molecular formula is C17H23N5O2. The van der Waals surface area contributed by atoms with Crippen LogP contribution in [-0.2, 0) is 0 Å². The van der Waals surface area contributed by atoms with Crippen LogP contribution in [0.1, 0.15) is 50.9 Å². The van der Waals surface area contributed by atoms with Gasteiger partial charge in [-0.3, -0.25) is 4.90 Å². The molecule has 3 rings (SSSR count). The van der Waals surface area contributed by atoms with Gasteiger partial charge in [-0.15, -0.1) is 0 Å². The number of anilines is 2. The molecule has 128 valence electrons. The van der Waals surface area contributed by atoms with Gasteiger partial charge in [-0.25, -0.2) is 4.79 Å². The highest BCUT2D eigenvalue weighted by atomic mass is 16.5. The third-order valence-corrected chi connectivity index (χ3v) is 3.97. The van der Waals surface area contributed by atoms with Crippen LogP contribution in [0.15, 0.2) is 28.8 Å². The van der Waals surface area contributed by atoms with Crippen molar-refractivity contribution in [1.29, 1.82) is 0 Å². The number of nitrogens with zero attached hydrogens (tertiary/aromatic N) is 3. The lowest BCUT2D eigenvalue weighted by Crippen LogP contribution is -2.46. The summed E-state index contributed by atoms with van der Waals surface area (Å²) in [4.78, 5) is 18.1. The van der Waals surface area contributed by atoms with Gasteiger partial charge in [0.25, 0.3) is 0 Å². The number of amides is 2. The lowest BCUT2D eigenvalue weighted by molar-refractivity contribution is 0.243. The Bertz CT molecular complexity index is 713. The monoisotopic (exact) mass is 329 g/mol. The molecule has 24 heavy (non-hydrogen) atoms. The lowest BCUT2D eigenvalue weighted by atomic mass is 10.2. The number of carbonyl (C=O) groups excluding carboxylic acids is 1. The molecule has 2 heterocycles. The van der Waals surface area contributed by atoms with Crippen molar-refractivity contribution in [3.8, 4) is 0 Å². The summed E-state index contributed by atoms with van der Waals surface area (Å²) in [7, 11) is 0. The average molecular weight is 329 g/mol. The Morgan fingerprint density at radius 1 is 1.33 bits per heavy atom. The summed E-state index contributed by atoms with van der Waals surface area (Å²) in [6.45, 7) is 7.49. The van der Waals surface area contributed by atoms with E-state index in [1.54, 1.807) is 4.90 Å². The van der Waals surface area contributed by atoms with Crippen molar-refractivity contribution in [3.63, 3.8) is 0 Å². The maximum absolute atomic E-state index is 12.0. The van der Waals surface area contributed by atoms with Gasteiger partial charge in [-0.05, 0) is 31.5 Å². The number of urea groups is 1. The Labute approximate surface area is 141 Å². The number of carbonyl (C=O) groups is 1. The topological polar surface area (TPSA) is 83.3 Å². The molecule has 2 aromatic rings. The van der Waals surface area contributed by atoms with Crippen molar-refractivity contribution in [3.05, 3.63) is 36.0 Å². The largest absolute Gasteiger partial charge is 0.374 e. The van der Waals surface area contributed by atoms with Crippen LogP contribution >= 0.6 is 0 Å². The minimum absolute atomic E-state index is 0.0510. The van der Waals surface area contributed by atoms with Crippen LogP contribution in [0.3, 0.4) is 0 Å². The van der Waals surface area contributed by atoms with E-state index in [-0.39, 0.29) is 18.0 Å². The van der Waals surface area contributed by atoms with Crippen LogP contribution in [-0.4, -0.2) is 29.3 Å². The van der Waals surface area contributed by atoms with Crippen molar-refractivity contribution in [2.75, 3.05) is 23.3 Å². The Hall–Kier alpha value is -2.57. The SMILES string of the molecule is CC(C)c1noc([C@@H](C)Nc2cccc(N3CCCNC3=O)c2)n1.